The summed E-state index contributed by atoms with van der Waals surface area (Å²) in [6, 6.07) is 5.70. The molecule has 29 heavy (non-hydrogen) atoms. The van der Waals surface area contributed by atoms with Crippen LogP contribution >= 0.6 is 0 Å². The van der Waals surface area contributed by atoms with E-state index in [4.69, 9.17) is 9.47 Å². The number of hydrogen-bond acceptors (Lipinski definition) is 5. The zero-order chi connectivity index (χ0) is 20.6. The van der Waals surface area contributed by atoms with E-state index in [2.05, 4.69) is 17.1 Å². The summed E-state index contributed by atoms with van der Waals surface area (Å²) in [4.78, 5) is 29.7. The third-order valence-electron chi connectivity index (χ3n) is 6.99. The molecule has 1 saturated carbocycles. The summed E-state index contributed by atoms with van der Waals surface area (Å²) >= 11 is 0. The average Bonchev–Trinajstić information content (AvgIpc) is 3.28. The number of rotatable bonds is 5. The number of methoxy groups -OCH3 is 2. The van der Waals surface area contributed by atoms with Crippen molar-refractivity contribution < 1.29 is 19.1 Å². The van der Waals surface area contributed by atoms with E-state index in [1.54, 1.807) is 14.2 Å². The van der Waals surface area contributed by atoms with Gasteiger partial charge in [0, 0.05) is 24.2 Å². The Morgan fingerprint density at radius 2 is 1.97 bits per heavy atom. The number of carbonyl (C=O) groups is 2. The van der Waals surface area contributed by atoms with Crippen LogP contribution < -0.4 is 14.8 Å². The molecule has 0 aromatic heterocycles. The Kier molecular flexibility index (Phi) is 5.42. The van der Waals surface area contributed by atoms with E-state index in [0.29, 0.717) is 6.67 Å². The molecule has 2 aliphatic heterocycles. The SMILES string of the molecule is COc1ccc([C@@H]2CCCN2CN2C(=O)N[C@]3(CCCC[C@@H]3C)C2=O)c(OC)c1. The number of likely N-dealkylation sites (tertiary alicyclic amines) is 1. The Bertz CT molecular complexity index is 798. The fraction of sp³-hybridized carbons (Fsp3) is 0.636. The van der Waals surface area contributed by atoms with E-state index in [9.17, 15) is 9.59 Å². The first-order chi connectivity index (χ1) is 14.0. The van der Waals surface area contributed by atoms with Crippen LogP contribution in [0.15, 0.2) is 18.2 Å². The molecule has 4 rings (SSSR count). The van der Waals surface area contributed by atoms with E-state index in [1.165, 1.54) is 4.90 Å². The highest BCUT2D eigenvalue weighted by molar-refractivity contribution is 6.07. The van der Waals surface area contributed by atoms with Gasteiger partial charge in [0.15, 0.2) is 0 Å². The molecule has 3 atom stereocenters. The maximum Gasteiger partial charge on any atom is 0.326 e. The maximum atomic E-state index is 13.3. The van der Waals surface area contributed by atoms with Gasteiger partial charge in [0.2, 0.25) is 0 Å². The summed E-state index contributed by atoms with van der Waals surface area (Å²) < 4.78 is 10.9. The Labute approximate surface area is 172 Å². The van der Waals surface area contributed by atoms with Gasteiger partial charge >= 0.3 is 6.03 Å². The number of benzene rings is 1. The van der Waals surface area contributed by atoms with Crippen molar-refractivity contribution in [3.8, 4) is 11.5 Å². The Morgan fingerprint density at radius 1 is 1.14 bits per heavy atom. The van der Waals surface area contributed by atoms with Crippen LogP contribution in [0.5, 0.6) is 11.5 Å². The van der Waals surface area contributed by atoms with Crippen molar-refractivity contribution in [1.82, 2.24) is 15.1 Å². The van der Waals surface area contributed by atoms with E-state index in [-0.39, 0.29) is 23.9 Å². The Morgan fingerprint density at radius 3 is 2.69 bits per heavy atom. The van der Waals surface area contributed by atoms with Gasteiger partial charge in [-0.1, -0.05) is 25.8 Å². The lowest BCUT2D eigenvalue weighted by atomic mass is 9.73. The summed E-state index contributed by atoms with van der Waals surface area (Å²) in [5.74, 6) is 1.64. The molecule has 3 fully saturated rings. The molecule has 3 aliphatic rings. The number of nitrogens with zero attached hydrogens (tertiary/aromatic N) is 2. The van der Waals surface area contributed by atoms with Crippen LogP contribution in [0, 0.1) is 5.92 Å². The molecule has 0 unspecified atom stereocenters. The number of imide groups is 1. The highest BCUT2D eigenvalue weighted by atomic mass is 16.5. The van der Waals surface area contributed by atoms with Gasteiger partial charge in [-0.3, -0.25) is 9.69 Å². The second-order valence-corrected chi connectivity index (χ2v) is 8.50. The van der Waals surface area contributed by atoms with Crippen LogP contribution in [-0.2, 0) is 4.79 Å². The lowest BCUT2D eigenvalue weighted by Crippen LogP contribution is -2.54. The van der Waals surface area contributed by atoms with Crippen LogP contribution in [0.25, 0.3) is 0 Å². The van der Waals surface area contributed by atoms with Crippen LogP contribution in [0.4, 0.5) is 4.79 Å². The van der Waals surface area contributed by atoms with Gasteiger partial charge in [-0.2, -0.15) is 0 Å². The fourth-order valence-electron chi connectivity index (χ4n) is 5.25. The number of amides is 3. The number of carbonyl (C=O) groups excluding carboxylic acids is 2. The molecule has 2 saturated heterocycles. The first kappa shape index (κ1) is 20.0. The van der Waals surface area contributed by atoms with Crippen molar-refractivity contribution in [3.05, 3.63) is 23.8 Å². The number of urea groups is 1. The molecular weight excluding hydrogens is 370 g/mol. The van der Waals surface area contributed by atoms with Crippen molar-refractivity contribution in [1.29, 1.82) is 0 Å². The van der Waals surface area contributed by atoms with Gasteiger partial charge in [0.1, 0.15) is 17.0 Å². The first-order valence-corrected chi connectivity index (χ1v) is 10.6. The zero-order valence-corrected chi connectivity index (χ0v) is 17.6. The summed E-state index contributed by atoms with van der Waals surface area (Å²) in [5.41, 5.74) is 0.362. The van der Waals surface area contributed by atoms with Crippen LogP contribution in [-0.4, -0.2) is 54.7 Å². The van der Waals surface area contributed by atoms with Crippen molar-refractivity contribution in [2.75, 3.05) is 27.4 Å². The standard InChI is InChI=1S/C22H31N3O4/c1-15-7-4-5-11-22(15)20(26)25(21(27)23-22)14-24-12-6-8-18(24)17-10-9-16(28-2)13-19(17)29-3/h9-10,13,15,18H,4-8,11-12,14H2,1-3H3,(H,23,27)/t15-,18-,22-/m0/s1. The fourth-order valence-corrected chi connectivity index (χ4v) is 5.25. The predicted molar refractivity (Wildman–Crippen MR) is 109 cm³/mol. The van der Waals surface area contributed by atoms with E-state index >= 15 is 0 Å². The molecule has 3 amide bonds. The minimum Gasteiger partial charge on any atom is -0.497 e. The summed E-state index contributed by atoms with van der Waals surface area (Å²) in [6.07, 6.45) is 5.82. The Hall–Kier alpha value is -2.28. The maximum absolute atomic E-state index is 13.3. The molecule has 1 aromatic carbocycles. The van der Waals surface area contributed by atoms with Crippen LogP contribution in [0.3, 0.4) is 0 Å². The van der Waals surface area contributed by atoms with E-state index < -0.39 is 5.54 Å². The number of nitrogens with one attached hydrogen (secondary N) is 1. The quantitative estimate of drug-likeness (QED) is 0.767. The lowest BCUT2D eigenvalue weighted by molar-refractivity contribution is -0.135. The van der Waals surface area contributed by atoms with Crippen LogP contribution in [0.2, 0.25) is 0 Å². The molecule has 1 aliphatic carbocycles. The van der Waals surface area contributed by atoms with Gasteiger partial charge in [0.25, 0.3) is 5.91 Å². The van der Waals surface area contributed by atoms with E-state index in [1.807, 2.05) is 18.2 Å². The molecule has 158 valence electrons. The lowest BCUT2D eigenvalue weighted by Gasteiger charge is -2.37. The largest absolute Gasteiger partial charge is 0.497 e. The molecule has 1 N–H and O–H groups in total. The molecule has 0 bridgehead atoms. The van der Waals surface area contributed by atoms with E-state index in [0.717, 1.165) is 62.1 Å². The molecular formula is C22H31N3O4. The van der Waals surface area contributed by atoms with Gasteiger partial charge in [-0.15, -0.1) is 0 Å². The monoisotopic (exact) mass is 401 g/mol. The van der Waals surface area contributed by atoms with Crippen molar-refractivity contribution in [2.45, 2.75) is 57.0 Å². The average molecular weight is 402 g/mol. The topological polar surface area (TPSA) is 71.1 Å². The highest BCUT2D eigenvalue weighted by Crippen LogP contribution is 2.41. The number of ether oxygens (including phenoxy) is 2. The third-order valence-corrected chi connectivity index (χ3v) is 6.99. The second-order valence-electron chi connectivity index (χ2n) is 8.50. The van der Waals surface area contributed by atoms with Gasteiger partial charge < -0.3 is 14.8 Å². The summed E-state index contributed by atoms with van der Waals surface area (Å²) in [5, 5.41) is 3.05. The molecule has 7 nitrogen and oxygen atoms in total. The highest BCUT2D eigenvalue weighted by Gasteiger charge is 2.55. The van der Waals surface area contributed by atoms with Crippen molar-refractivity contribution in [3.63, 3.8) is 0 Å². The molecule has 1 spiro atoms. The minimum absolute atomic E-state index is 0.0537. The third kappa shape index (κ3) is 3.35. The normalized spacial score (nSPS) is 30.1. The molecule has 2 heterocycles. The van der Waals surface area contributed by atoms with Crippen LogP contribution in [0.1, 0.15) is 57.1 Å². The summed E-state index contributed by atoms with van der Waals surface area (Å²) in [7, 11) is 3.29. The first-order valence-electron chi connectivity index (χ1n) is 10.6. The summed E-state index contributed by atoms with van der Waals surface area (Å²) in [6.45, 7) is 3.25. The predicted octanol–water partition coefficient (Wildman–Crippen LogP) is 3.30. The zero-order valence-electron chi connectivity index (χ0n) is 17.6. The molecule has 7 heteroatoms. The smallest absolute Gasteiger partial charge is 0.326 e. The van der Waals surface area contributed by atoms with Crippen molar-refractivity contribution in [2.24, 2.45) is 5.92 Å². The van der Waals surface area contributed by atoms with Crippen molar-refractivity contribution >= 4 is 11.9 Å². The van der Waals surface area contributed by atoms with Gasteiger partial charge in [-0.25, -0.2) is 9.69 Å². The van der Waals surface area contributed by atoms with Gasteiger partial charge in [0.05, 0.1) is 20.9 Å². The minimum atomic E-state index is -0.706. The molecule has 1 aromatic rings. The number of hydrogen-bond donors (Lipinski definition) is 1. The second kappa shape index (κ2) is 7.86. The van der Waals surface area contributed by atoms with Gasteiger partial charge in [-0.05, 0) is 37.7 Å². The molecule has 0 radical (unpaired) electrons. The Balaban J connectivity index is 1.55.